The Bertz CT molecular complexity index is 897. The maximum atomic E-state index is 5.86. The molecule has 0 radical (unpaired) electrons. The van der Waals surface area contributed by atoms with Gasteiger partial charge in [-0.2, -0.15) is 9.50 Å². The molecular weight excluding hydrogens is 332 g/mol. The molecule has 23 heavy (non-hydrogen) atoms. The third kappa shape index (κ3) is 3.25. The fourth-order valence-corrected chi connectivity index (χ4v) is 2.78. The number of halogens is 1. The van der Waals surface area contributed by atoms with Crippen molar-refractivity contribution in [3.05, 3.63) is 46.3 Å². The van der Waals surface area contributed by atoms with Crippen molar-refractivity contribution in [2.24, 2.45) is 4.99 Å². The number of hydrogen-bond acceptors (Lipinski definition) is 5. The van der Waals surface area contributed by atoms with Gasteiger partial charge in [0, 0.05) is 24.5 Å². The predicted octanol–water partition coefficient (Wildman–Crippen LogP) is 2.58. The molecule has 3 rings (SSSR count). The Kier molecular flexibility index (Phi) is 4.68. The summed E-state index contributed by atoms with van der Waals surface area (Å²) in [6.45, 7) is 5.41. The van der Waals surface area contributed by atoms with Gasteiger partial charge in [0.1, 0.15) is 5.15 Å². The van der Waals surface area contributed by atoms with Crippen LogP contribution in [0.3, 0.4) is 0 Å². The van der Waals surface area contributed by atoms with Crippen LogP contribution in [0.15, 0.2) is 34.5 Å². The van der Waals surface area contributed by atoms with Gasteiger partial charge in [-0.1, -0.05) is 29.4 Å². The summed E-state index contributed by atoms with van der Waals surface area (Å²) in [4.78, 5) is 13.3. The molecule has 8 heteroatoms. The minimum Gasteiger partial charge on any atom is -0.310 e. The molecule has 0 saturated carbocycles. The molecule has 0 N–H and O–H groups in total. The molecule has 0 saturated heterocycles. The van der Waals surface area contributed by atoms with Crippen LogP contribution in [0.4, 0.5) is 0 Å². The minimum atomic E-state index is 0.491. The van der Waals surface area contributed by atoms with Gasteiger partial charge >= 0.3 is 0 Å². The lowest BCUT2D eigenvalue weighted by Gasteiger charge is -2.12. The lowest BCUT2D eigenvalue weighted by atomic mass is 10.2. The molecule has 0 bridgehead atoms. The number of pyridine rings is 1. The van der Waals surface area contributed by atoms with Crippen LogP contribution in [-0.4, -0.2) is 36.9 Å². The summed E-state index contributed by atoms with van der Waals surface area (Å²) >= 11 is 7.38. The lowest BCUT2D eigenvalue weighted by molar-refractivity contribution is 0.715. The zero-order valence-electron chi connectivity index (χ0n) is 13.2. The molecule has 0 fully saturated rings. The summed E-state index contributed by atoms with van der Waals surface area (Å²) in [5.74, 6) is 0.775. The number of thioether (sulfide) groups is 1. The van der Waals surface area contributed by atoms with E-state index in [2.05, 4.69) is 24.6 Å². The molecular formula is C15H17ClN6S. The van der Waals surface area contributed by atoms with Gasteiger partial charge in [-0.05, 0) is 31.7 Å². The molecule has 0 spiro atoms. The van der Waals surface area contributed by atoms with E-state index in [-0.39, 0.29) is 0 Å². The van der Waals surface area contributed by atoms with Crippen molar-refractivity contribution in [1.82, 2.24) is 24.1 Å². The molecule has 3 aromatic rings. The first-order chi connectivity index (χ1) is 11.1. The van der Waals surface area contributed by atoms with Gasteiger partial charge in [-0.3, -0.25) is 4.99 Å². The lowest BCUT2D eigenvalue weighted by Crippen LogP contribution is -2.22. The quantitative estimate of drug-likeness (QED) is 0.537. The van der Waals surface area contributed by atoms with Crippen LogP contribution in [-0.2, 0) is 6.54 Å². The highest BCUT2D eigenvalue weighted by Crippen LogP contribution is 2.14. The maximum Gasteiger partial charge on any atom is 0.235 e. The highest BCUT2D eigenvalue weighted by Gasteiger charge is 2.11. The maximum absolute atomic E-state index is 5.86. The fourth-order valence-electron chi connectivity index (χ4n) is 2.34. The largest absolute Gasteiger partial charge is 0.310 e. The number of rotatable bonds is 4. The van der Waals surface area contributed by atoms with Crippen LogP contribution in [0, 0.1) is 6.92 Å². The second-order valence-corrected chi connectivity index (χ2v) is 6.16. The number of hydrogen-bond donors (Lipinski definition) is 0. The van der Waals surface area contributed by atoms with E-state index in [1.807, 2.05) is 32.2 Å². The van der Waals surface area contributed by atoms with Crippen molar-refractivity contribution in [1.29, 1.82) is 0 Å². The second-order valence-electron chi connectivity index (χ2n) is 5.00. The van der Waals surface area contributed by atoms with E-state index in [1.165, 1.54) is 11.8 Å². The molecule has 3 heterocycles. The first kappa shape index (κ1) is 16.0. The SMILES string of the molecule is CCN=c1cc(C)n(Cc2ccc(Cl)nc2)c2nc(SC)nn12. The van der Waals surface area contributed by atoms with Gasteiger partial charge < -0.3 is 4.57 Å². The highest BCUT2D eigenvalue weighted by molar-refractivity contribution is 7.98. The van der Waals surface area contributed by atoms with Crippen molar-refractivity contribution >= 4 is 29.1 Å². The van der Waals surface area contributed by atoms with E-state index in [9.17, 15) is 0 Å². The monoisotopic (exact) mass is 348 g/mol. The molecule has 0 amide bonds. The summed E-state index contributed by atoms with van der Waals surface area (Å²) in [5, 5.41) is 5.74. The summed E-state index contributed by atoms with van der Waals surface area (Å²) in [7, 11) is 0. The van der Waals surface area contributed by atoms with Crippen LogP contribution in [0.2, 0.25) is 5.15 Å². The number of aryl methyl sites for hydroxylation is 1. The van der Waals surface area contributed by atoms with Crippen LogP contribution in [0.5, 0.6) is 0 Å². The molecule has 0 aromatic carbocycles. The number of fused-ring (bicyclic) bond motifs is 1. The predicted molar refractivity (Wildman–Crippen MR) is 91.9 cm³/mol. The van der Waals surface area contributed by atoms with Gasteiger partial charge in [0.2, 0.25) is 10.9 Å². The summed E-state index contributed by atoms with van der Waals surface area (Å²) in [5.41, 5.74) is 2.94. The van der Waals surface area contributed by atoms with E-state index < -0.39 is 0 Å². The van der Waals surface area contributed by atoms with E-state index in [1.54, 1.807) is 16.8 Å². The van der Waals surface area contributed by atoms with Crippen molar-refractivity contribution in [3.8, 4) is 0 Å². The molecule has 0 aliphatic carbocycles. The Hall–Kier alpha value is -1.86. The van der Waals surface area contributed by atoms with E-state index >= 15 is 0 Å². The third-order valence-corrected chi connectivity index (χ3v) is 4.19. The second kappa shape index (κ2) is 6.72. The molecule has 3 aromatic heterocycles. The van der Waals surface area contributed by atoms with Crippen molar-refractivity contribution in [2.45, 2.75) is 25.5 Å². The van der Waals surface area contributed by atoms with E-state index in [0.717, 1.165) is 27.7 Å². The minimum absolute atomic E-state index is 0.491. The van der Waals surface area contributed by atoms with E-state index in [0.29, 0.717) is 18.2 Å². The first-order valence-electron chi connectivity index (χ1n) is 7.24. The van der Waals surface area contributed by atoms with Crippen LogP contribution in [0.25, 0.3) is 5.78 Å². The molecule has 120 valence electrons. The van der Waals surface area contributed by atoms with Crippen LogP contribution in [0.1, 0.15) is 18.2 Å². The summed E-state index contributed by atoms with van der Waals surface area (Å²) < 4.78 is 3.90. The summed E-state index contributed by atoms with van der Waals surface area (Å²) in [6.07, 6.45) is 3.74. The van der Waals surface area contributed by atoms with Gasteiger partial charge in [-0.25, -0.2) is 4.98 Å². The number of aromatic nitrogens is 5. The molecule has 0 aliphatic heterocycles. The fraction of sp³-hybridized carbons (Fsp3) is 0.333. The Balaban J connectivity index is 2.18. The smallest absolute Gasteiger partial charge is 0.235 e. The van der Waals surface area contributed by atoms with E-state index in [4.69, 9.17) is 11.6 Å². The Morgan fingerprint density at radius 3 is 2.83 bits per heavy atom. The highest BCUT2D eigenvalue weighted by atomic mass is 35.5. The van der Waals surface area contributed by atoms with Gasteiger partial charge in [0.15, 0.2) is 5.49 Å². The molecule has 0 atom stereocenters. The normalized spacial score (nSPS) is 12.3. The first-order valence-corrected chi connectivity index (χ1v) is 8.84. The zero-order valence-corrected chi connectivity index (χ0v) is 14.8. The average molecular weight is 349 g/mol. The zero-order chi connectivity index (χ0) is 16.4. The van der Waals surface area contributed by atoms with Crippen LogP contribution >= 0.6 is 23.4 Å². The Morgan fingerprint density at radius 1 is 1.35 bits per heavy atom. The molecule has 0 aliphatic rings. The number of nitrogens with zero attached hydrogens (tertiary/aromatic N) is 6. The summed E-state index contributed by atoms with van der Waals surface area (Å²) in [6, 6.07) is 5.79. The van der Waals surface area contributed by atoms with Crippen molar-refractivity contribution < 1.29 is 0 Å². The van der Waals surface area contributed by atoms with Gasteiger partial charge in [0.25, 0.3) is 0 Å². The Labute approximate surface area is 143 Å². The Morgan fingerprint density at radius 2 is 2.17 bits per heavy atom. The molecule has 0 unspecified atom stereocenters. The molecule has 6 nitrogen and oxygen atoms in total. The van der Waals surface area contributed by atoms with Crippen molar-refractivity contribution in [3.63, 3.8) is 0 Å². The van der Waals surface area contributed by atoms with Gasteiger partial charge in [0.05, 0.1) is 6.54 Å². The van der Waals surface area contributed by atoms with Crippen molar-refractivity contribution in [2.75, 3.05) is 12.8 Å². The standard InChI is InChI=1S/C15H17ClN6S/c1-4-17-13-7-10(2)21(9-11-5-6-12(16)18-8-11)15-19-14(23-3)20-22(13)15/h5-8H,4,9H2,1-3H3. The van der Waals surface area contributed by atoms with Gasteiger partial charge in [-0.15, -0.1) is 5.10 Å². The topological polar surface area (TPSA) is 60.4 Å². The van der Waals surface area contributed by atoms with Crippen LogP contribution < -0.4 is 5.49 Å². The third-order valence-electron chi connectivity index (χ3n) is 3.42. The average Bonchev–Trinajstić information content (AvgIpc) is 2.98.